The molecular weight excluding hydrogens is 376 g/mol. The van der Waals surface area contributed by atoms with Crippen LogP contribution in [0, 0.1) is 0 Å². The molecule has 0 aliphatic rings. The average molecular weight is 384 g/mol. The van der Waals surface area contributed by atoms with Gasteiger partial charge in [-0.2, -0.15) is 13.2 Å². The monoisotopic (exact) mass is 382 g/mol. The molecule has 0 aliphatic carbocycles. The second-order valence-electron chi connectivity index (χ2n) is 4.40. The first-order valence-electron chi connectivity index (χ1n) is 6.14. The molecule has 23 heavy (non-hydrogen) atoms. The lowest BCUT2D eigenvalue weighted by molar-refractivity contribution is -0.138. The van der Waals surface area contributed by atoms with Gasteiger partial charge in [-0.15, -0.1) is 0 Å². The number of pyridine rings is 1. The molecule has 0 bridgehead atoms. The number of benzene rings is 1. The van der Waals surface area contributed by atoms with Crippen LogP contribution in [0.2, 0.25) is 15.2 Å². The predicted octanol–water partition coefficient (Wildman–Crippen LogP) is 4.99. The van der Waals surface area contributed by atoms with Gasteiger partial charge in [-0.25, -0.2) is 4.98 Å². The lowest BCUT2D eigenvalue weighted by atomic mass is 10.1. The molecule has 0 aliphatic heterocycles. The van der Waals surface area contributed by atoms with Gasteiger partial charge >= 0.3 is 6.18 Å². The minimum absolute atomic E-state index is 0.153. The predicted molar refractivity (Wildman–Crippen MR) is 81.9 cm³/mol. The highest BCUT2D eigenvalue weighted by atomic mass is 35.5. The molecule has 1 aromatic carbocycles. The van der Waals surface area contributed by atoms with Gasteiger partial charge in [-0.05, 0) is 18.2 Å². The zero-order chi connectivity index (χ0) is 17.2. The molecule has 1 amide bonds. The van der Waals surface area contributed by atoms with Crippen molar-refractivity contribution in [3.8, 4) is 0 Å². The Labute approximate surface area is 144 Å². The van der Waals surface area contributed by atoms with Crippen molar-refractivity contribution < 1.29 is 18.0 Å². The minimum atomic E-state index is -4.73. The van der Waals surface area contributed by atoms with Crippen molar-refractivity contribution in [2.45, 2.75) is 12.7 Å². The summed E-state index contributed by atoms with van der Waals surface area (Å²) in [6.45, 7) is -0.153. The van der Waals surface area contributed by atoms with Crippen molar-refractivity contribution in [1.82, 2.24) is 10.3 Å². The Morgan fingerprint density at radius 1 is 1.13 bits per heavy atom. The van der Waals surface area contributed by atoms with Gasteiger partial charge in [0.25, 0.3) is 5.91 Å². The fourth-order valence-corrected chi connectivity index (χ4v) is 2.62. The Hall–Kier alpha value is -1.50. The summed E-state index contributed by atoms with van der Waals surface area (Å²) in [6.07, 6.45) is -3.85. The van der Waals surface area contributed by atoms with E-state index in [1.54, 1.807) is 18.2 Å². The summed E-state index contributed by atoms with van der Waals surface area (Å²) in [7, 11) is 0. The largest absolute Gasteiger partial charge is 0.417 e. The molecule has 9 heteroatoms. The summed E-state index contributed by atoms with van der Waals surface area (Å²) in [6, 6.07) is 5.39. The number of carbonyl (C=O) groups excluding carboxylic acids is 1. The van der Waals surface area contributed by atoms with Gasteiger partial charge in [0.15, 0.2) is 0 Å². The first kappa shape index (κ1) is 17.8. The Morgan fingerprint density at radius 2 is 1.74 bits per heavy atom. The lowest BCUT2D eigenvalue weighted by Gasteiger charge is -2.14. The number of hydrogen-bond acceptors (Lipinski definition) is 2. The van der Waals surface area contributed by atoms with E-state index < -0.39 is 28.4 Å². The molecule has 2 aromatic rings. The van der Waals surface area contributed by atoms with Crippen molar-refractivity contribution in [3.05, 3.63) is 62.4 Å². The normalized spacial score (nSPS) is 11.4. The lowest BCUT2D eigenvalue weighted by Crippen LogP contribution is -2.27. The second-order valence-corrected chi connectivity index (χ2v) is 5.58. The van der Waals surface area contributed by atoms with Crippen LogP contribution in [0.5, 0.6) is 0 Å². The van der Waals surface area contributed by atoms with Crippen molar-refractivity contribution in [2.75, 3.05) is 0 Å². The molecule has 122 valence electrons. The number of aromatic nitrogens is 1. The van der Waals surface area contributed by atoms with Crippen LogP contribution in [0.4, 0.5) is 13.2 Å². The summed E-state index contributed by atoms with van der Waals surface area (Å²) in [4.78, 5) is 15.6. The van der Waals surface area contributed by atoms with E-state index in [0.717, 1.165) is 6.20 Å². The highest BCUT2D eigenvalue weighted by Gasteiger charge is 2.36. The maximum Gasteiger partial charge on any atom is 0.417 e. The molecule has 2 rings (SSSR count). The van der Waals surface area contributed by atoms with E-state index in [4.69, 9.17) is 34.8 Å². The number of hydrogen-bond donors (Lipinski definition) is 1. The number of carbonyl (C=O) groups is 1. The Balaban J connectivity index is 2.29. The van der Waals surface area contributed by atoms with Crippen LogP contribution < -0.4 is 5.32 Å². The fourth-order valence-electron chi connectivity index (χ4n) is 1.85. The SMILES string of the molecule is O=C(NCc1c(Cl)cccc1Cl)c1c(C(F)(F)F)ccnc1Cl. The number of halogens is 6. The van der Waals surface area contributed by atoms with Crippen molar-refractivity contribution >= 4 is 40.7 Å². The maximum atomic E-state index is 13.0. The number of nitrogens with one attached hydrogen (secondary N) is 1. The van der Waals surface area contributed by atoms with E-state index >= 15 is 0 Å². The fraction of sp³-hybridized carbons (Fsp3) is 0.143. The van der Waals surface area contributed by atoms with Crippen LogP contribution in [0.1, 0.15) is 21.5 Å². The zero-order valence-corrected chi connectivity index (χ0v) is 13.5. The topological polar surface area (TPSA) is 42.0 Å². The third kappa shape index (κ3) is 4.07. The van der Waals surface area contributed by atoms with E-state index in [1.165, 1.54) is 0 Å². The number of amides is 1. The first-order chi connectivity index (χ1) is 10.7. The molecule has 0 saturated heterocycles. The summed E-state index contributed by atoms with van der Waals surface area (Å²) >= 11 is 17.5. The van der Waals surface area contributed by atoms with E-state index in [2.05, 4.69) is 10.3 Å². The molecule has 0 spiro atoms. The van der Waals surface area contributed by atoms with Crippen molar-refractivity contribution in [3.63, 3.8) is 0 Å². The van der Waals surface area contributed by atoms with Gasteiger partial charge in [0.2, 0.25) is 0 Å². The highest BCUT2D eigenvalue weighted by molar-refractivity contribution is 6.36. The molecule has 1 N–H and O–H groups in total. The molecule has 0 saturated carbocycles. The average Bonchev–Trinajstić information content (AvgIpc) is 2.45. The van der Waals surface area contributed by atoms with E-state index in [1.807, 2.05) is 0 Å². The van der Waals surface area contributed by atoms with Gasteiger partial charge in [0.1, 0.15) is 5.15 Å². The number of rotatable bonds is 3. The summed E-state index contributed by atoms with van der Waals surface area (Å²) in [5.41, 5.74) is -1.53. The van der Waals surface area contributed by atoms with Crippen LogP contribution in [0.15, 0.2) is 30.5 Å². The van der Waals surface area contributed by atoms with Crippen LogP contribution >= 0.6 is 34.8 Å². The van der Waals surface area contributed by atoms with E-state index in [-0.39, 0.29) is 16.6 Å². The molecule has 0 fully saturated rings. The van der Waals surface area contributed by atoms with Crippen molar-refractivity contribution in [2.24, 2.45) is 0 Å². The third-order valence-corrected chi connectivity index (χ3v) is 3.92. The maximum absolute atomic E-state index is 13.0. The molecule has 1 heterocycles. The third-order valence-electron chi connectivity index (χ3n) is 2.92. The Bertz CT molecular complexity index is 730. The van der Waals surface area contributed by atoms with Crippen LogP contribution in [0.25, 0.3) is 0 Å². The van der Waals surface area contributed by atoms with Gasteiger partial charge in [0.05, 0.1) is 11.1 Å². The molecule has 3 nitrogen and oxygen atoms in total. The van der Waals surface area contributed by atoms with Gasteiger partial charge < -0.3 is 5.32 Å². The second kappa shape index (κ2) is 6.95. The van der Waals surface area contributed by atoms with E-state index in [9.17, 15) is 18.0 Å². The zero-order valence-electron chi connectivity index (χ0n) is 11.2. The Kier molecular flexibility index (Phi) is 5.39. The van der Waals surface area contributed by atoms with E-state index in [0.29, 0.717) is 11.6 Å². The first-order valence-corrected chi connectivity index (χ1v) is 7.28. The Morgan fingerprint density at radius 3 is 2.30 bits per heavy atom. The summed E-state index contributed by atoms with van der Waals surface area (Å²) in [5, 5.41) is 2.35. The molecule has 1 aromatic heterocycles. The van der Waals surface area contributed by atoms with Crippen LogP contribution in [-0.4, -0.2) is 10.9 Å². The van der Waals surface area contributed by atoms with Gasteiger partial charge in [-0.3, -0.25) is 4.79 Å². The van der Waals surface area contributed by atoms with Gasteiger partial charge in [0, 0.05) is 28.4 Å². The minimum Gasteiger partial charge on any atom is -0.348 e. The summed E-state index contributed by atoms with van der Waals surface area (Å²) in [5.74, 6) is -1.02. The highest BCUT2D eigenvalue weighted by Crippen LogP contribution is 2.34. The van der Waals surface area contributed by atoms with Crippen LogP contribution in [0.3, 0.4) is 0 Å². The molecular formula is C14H8Cl3F3N2O. The standard InChI is InChI=1S/C14H8Cl3F3N2O/c15-9-2-1-3-10(16)7(9)6-22-13(23)11-8(14(18,19)20)4-5-21-12(11)17/h1-5H,6H2,(H,22,23). The quantitative estimate of drug-likeness (QED) is 0.759. The van der Waals surface area contributed by atoms with Crippen LogP contribution in [-0.2, 0) is 12.7 Å². The van der Waals surface area contributed by atoms with Gasteiger partial charge in [-0.1, -0.05) is 40.9 Å². The molecule has 0 radical (unpaired) electrons. The van der Waals surface area contributed by atoms with Crippen molar-refractivity contribution in [1.29, 1.82) is 0 Å². The molecule has 0 unspecified atom stereocenters. The number of alkyl halides is 3. The number of nitrogens with zero attached hydrogens (tertiary/aromatic N) is 1. The molecule has 0 atom stereocenters. The summed E-state index contributed by atoms with van der Waals surface area (Å²) < 4.78 is 38.9. The smallest absolute Gasteiger partial charge is 0.348 e.